The first-order chi connectivity index (χ1) is 9.24. The lowest BCUT2D eigenvalue weighted by molar-refractivity contribution is -0.121. The zero-order chi connectivity index (χ0) is 13.5. The summed E-state index contributed by atoms with van der Waals surface area (Å²) in [6.45, 7) is 0.988. The molecule has 4 heteroatoms. The van der Waals surface area contributed by atoms with Crippen LogP contribution in [-0.4, -0.2) is 25.1 Å². The smallest absolute Gasteiger partial charge is 0.170 e. The van der Waals surface area contributed by atoms with E-state index in [0.717, 1.165) is 32.3 Å². The zero-order valence-electron chi connectivity index (χ0n) is 10.9. The highest BCUT2D eigenvalue weighted by atomic mass is 35.5. The van der Waals surface area contributed by atoms with Crippen LogP contribution in [-0.2, 0) is 9.53 Å². The Morgan fingerprint density at radius 1 is 1.47 bits per heavy atom. The Hall–Kier alpha value is -1.06. The monoisotopic (exact) mass is 282 g/mol. The molecule has 1 heterocycles. The number of rotatable bonds is 7. The maximum atomic E-state index is 11.7. The van der Waals surface area contributed by atoms with E-state index in [1.165, 1.54) is 0 Å². The highest BCUT2D eigenvalue weighted by molar-refractivity contribution is 6.30. The van der Waals surface area contributed by atoms with Crippen LogP contribution in [0.5, 0.6) is 5.75 Å². The van der Waals surface area contributed by atoms with Crippen LogP contribution in [0.25, 0.3) is 0 Å². The number of carbonyl (C=O) groups excluding carboxylic acids is 1. The van der Waals surface area contributed by atoms with Gasteiger partial charge in [-0.2, -0.15) is 0 Å². The first kappa shape index (κ1) is 14.4. The molecule has 0 bridgehead atoms. The normalized spacial score (nSPS) is 18.5. The number of ether oxygens (including phenoxy) is 2. The van der Waals surface area contributed by atoms with E-state index in [1.807, 2.05) is 0 Å². The largest absolute Gasteiger partial charge is 0.486 e. The minimum absolute atomic E-state index is 0.117. The summed E-state index contributed by atoms with van der Waals surface area (Å²) in [7, 11) is 0. The first-order valence-electron chi connectivity index (χ1n) is 6.76. The van der Waals surface area contributed by atoms with Crippen molar-refractivity contribution in [2.45, 2.75) is 38.2 Å². The van der Waals surface area contributed by atoms with Gasteiger partial charge in [0.25, 0.3) is 0 Å². The molecule has 1 unspecified atom stereocenters. The fourth-order valence-electron chi connectivity index (χ4n) is 2.19. The second-order valence-electron chi connectivity index (χ2n) is 4.81. The van der Waals surface area contributed by atoms with Crippen molar-refractivity contribution in [3.05, 3.63) is 29.3 Å². The van der Waals surface area contributed by atoms with Gasteiger partial charge in [0.1, 0.15) is 12.4 Å². The third kappa shape index (κ3) is 5.21. The average molecular weight is 283 g/mol. The van der Waals surface area contributed by atoms with Crippen molar-refractivity contribution < 1.29 is 14.3 Å². The van der Waals surface area contributed by atoms with E-state index >= 15 is 0 Å². The molecule has 0 aliphatic carbocycles. The van der Waals surface area contributed by atoms with Gasteiger partial charge >= 0.3 is 0 Å². The van der Waals surface area contributed by atoms with Gasteiger partial charge in [-0.05, 0) is 43.9 Å². The standard InChI is InChI=1S/C15H19ClO3/c16-12-4-1-7-15(10-12)19-11-13(17)5-2-6-14-8-3-9-18-14/h1,4,7,10,14H,2-3,5-6,8-9,11H2. The summed E-state index contributed by atoms with van der Waals surface area (Å²) in [5.41, 5.74) is 0. The zero-order valence-corrected chi connectivity index (χ0v) is 11.7. The maximum absolute atomic E-state index is 11.7. The number of ketones is 1. The third-order valence-corrected chi connectivity index (χ3v) is 3.44. The van der Waals surface area contributed by atoms with Crippen molar-refractivity contribution in [3.63, 3.8) is 0 Å². The molecule has 104 valence electrons. The maximum Gasteiger partial charge on any atom is 0.170 e. The van der Waals surface area contributed by atoms with Gasteiger partial charge in [-0.3, -0.25) is 4.79 Å². The summed E-state index contributed by atoms with van der Waals surface area (Å²) in [6, 6.07) is 7.09. The van der Waals surface area contributed by atoms with Gasteiger partial charge in [0, 0.05) is 18.1 Å². The van der Waals surface area contributed by atoms with Crippen LogP contribution in [0.1, 0.15) is 32.1 Å². The van der Waals surface area contributed by atoms with Gasteiger partial charge in [-0.25, -0.2) is 0 Å². The number of Topliss-reactive ketones (excluding diaryl/α,β-unsaturated/α-hetero) is 1. The molecule has 19 heavy (non-hydrogen) atoms. The van der Waals surface area contributed by atoms with E-state index in [4.69, 9.17) is 21.1 Å². The Kier molecular flexibility index (Phi) is 5.67. The van der Waals surface area contributed by atoms with Crippen molar-refractivity contribution >= 4 is 17.4 Å². The van der Waals surface area contributed by atoms with E-state index in [2.05, 4.69) is 0 Å². The van der Waals surface area contributed by atoms with Gasteiger partial charge < -0.3 is 9.47 Å². The Balaban J connectivity index is 1.61. The summed E-state index contributed by atoms with van der Waals surface area (Å²) in [6.07, 6.45) is 5.05. The van der Waals surface area contributed by atoms with E-state index in [0.29, 0.717) is 23.3 Å². The molecule has 1 aromatic rings. The Bertz CT molecular complexity index is 414. The number of benzene rings is 1. The van der Waals surface area contributed by atoms with Crippen LogP contribution in [0, 0.1) is 0 Å². The van der Waals surface area contributed by atoms with E-state index < -0.39 is 0 Å². The van der Waals surface area contributed by atoms with Crippen molar-refractivity contribution in [1.82, 2.24) is 0 Å². The molecule has 0 aromatic heterocycles. The Labute approximate surface area is 118 Å². The van der Waals surface area contributed by atoms with Crippen LogP contribution in [0.3, 0.4) is 0 Å². The molecule has 0 N–H and O–H groups in total. The molecular formula is C15H19ClO3. The molecule has 0 spiro atoms. The molecule has 1 aliphatic heterocycles. The molecule has 0 radical (unpaired) electrons. The van der Waals surface area contributed by atoms with E-state index in [9.17, 15) is 4.79 Å². The molecule has 1 aromatic carbocycles. The summed E-state index contributed by atoms with van der Waals surface area (Å²) in [4.78, 5) is 11.7. The van der Waals surface area contributed by atoms with Crippen molar-refractivity contribution in [1.29, 1.82) is 0 Å². The molecule has 1 saturated heterocycles. The molecule has 1 atom stereocenters. The highest BCUT2D eigenvalue weighted by Gasteiger charge is 2.15. The van der Waals surface area contributed by atoms with Crippen LogP contribution < -0.4 is 4.74 Å². The molecule has 2 rings (SSSR count). The summed E-state index contributed by atoms with van der Waals surface area (Å²) in [5, 5.41) is 0.614. The fraction of sp³-hybridized carbons (Fsp3) is 0.533. The SMILES string of the molecule is O=C(CCCC1CCCO1)COc1cccc(Cl)c1. The van der Waals surface area contributed by atoms with Gasteiger partial charge in [0.05, 0.1) is 6.10 Å². The lowest BCUT2D eigenvalue weighted by atomic mass is 10.1. The van der Waals surface area contributed by atoms with Crippen molar-refractivity contribution in [3.8, 4) is 5.75 Å². The minimum Gasteiger partial charge on any atom is -0.486 e. The van der Waals surface area contributed by atoms with Gasteiger partial charge in [0.15, 0.2) is 5.78 Å². The van der Waals surface area contributed by atoms with Gasteiger partial charge in [-0.1, -0.05) is 17.7 Å². The van der Waals surface area contributed by atoms with Crippen LogP contribution >= 0.6 is 11.6 Å². The fourth-order valence-corrected chi connectivity index (χ4v) is 2.37. The van der Waals surface area contributed by atoms with Crippen molar-refractivity contribution in [2.75, 3.05) is 13.2 Å². The molecule has 3 nitrogen and oxygen atoms in total. The van der Waals surface area contributed by atoms with Gasteiger partial charge in [-0.15, -0.1) is 0 Å². The second-order valence-corrected chi connectivity index (χ2v) is 5.25. The van der Waals surface area contributed by atoms with Crippen LogP contribution in [0.15, 0.2) is 24.3 Å². The molecule has 0 amide bonds. The summed E-state index contributed by atoms with van der Waals surface area (Å²) in [5.74, 6) is 0.762. The lowest BCUT2D eigenvalue weighted by Crippen LogP contribution is -2.12. The summed E-state index contributed by atoms with van der Waals surface area (Å²) >= 11 is 5.84. The summed E-state index contributed by atoms with van der Waals surface area (Å²) < 4.78 is 10.9. The number of hydrogen-bond donors (Lipinski definition) is 0. The quantitative estimate of drug-likeness (QED) is 0.766. The molecule has 1 aliphatic rings. The molecule has 1 fully saturated rings. The average Bonchev–Trinajstić information content (AvgIpc) is 2.90. The van der Waals surface area contributed by atoms with Crippen molar-refractivity contribution in [2.24, 2.45) is 0 Å². The van der Waals surface area contributed by atoms with Crippen LogP contribution in [0.2, 0.25) is 5.02 Å². The van der Waals surface area contributed by atoms with E-state index in [-0.39, 0.29) is 12.4 Å². The second kappa shape index (κ2) is 7.51. The molecule has 0 saturated carbocycles. The topological polar surface area (TPSA) is 35.5 Å². The number of halogens is 1. The predicted octanol–water partition coefficient (Wildman–Crippen LogP) is 3.64. The number of hydrogen-bond acceptors (Lipinski definition) is 3. The predicted molar refractivity (Wildman–Crippen MR) is 74.8 cm³/mol. The van der Waals surface area contributed by atoms with Gasteiger partial charge in [0.2, 0.25) is 0 Å². The van der Waals surface area contributed by atoms with Crippen LogP contribution in [0.4, 0.5) is 0 Å². The Morgan fingerprint density at radius 3 is 3.11 bits per heavy atom. The lowest BCUT2D eigenvalue weighted by Gasteiger charge is -2.09. The first-order valence-corrected chi connectivity index (χ1v) is 7.13. The Morgan fingerprint density at radius 2 is 2.37 bits per heavy atom. The minimum atomic E-state index is 0.117. The highest BCUT2D eigenvalue weighted by Crippen LogP contribution is 2.19. The molecular weight excluding hydrogens is 264 g/mol. The third-order valence-electron chi connectivity index (χ3n) is 3.20. The number of carbonyl (C=O) groups is 1. The van der Waals surface area contributed by atoms with E-state index in [1.54, 1.807) is 24.3 Å².